The van der Waals surface area contributed by atoms with Crippen LogP contribution in [0, 0.1) is 5.92 Å². The third kappa shape index (κ3) is 6.04. The highest BCUT2D eigenvalue weighted by Gasteiger charge is 2.13. The van der Waals surface area contributed by atoms with Gasteiger partial charge in [-0.15, -0.1) is 0 Å². The smallest absolute Gasteiger partial charge is 0.238 e. The number of amides is 1. The van der Waals surface area contributed by atoms with Crippen molar-refractivity contribution in [2.45, 2.75) is 13.8 Å². The second kappa shape index (κ2) is 8.55. The number of nitrogens with zero attached hydrogens (tertiary/aromatic N) is 1. The van der Waals surface area contributed by atoms with E-state index in [1.807, 2.05) is 12.1 Å². The maximum Gasteiger partial charge on any atom is 0.238 e. The SMILES string of the molecule is COCCN(CC(=O)Nc1ccccc1N)CC(C)C. The molecule has 0 fully saturated rings. The highest BCUT2D eigenvalue weighted by molar-refractivity contribution is 5.95. The Morgan fingerprint density at radius 1 is 1.40 bits per heavy atom. The van der Waals surface area contributed by atoms with Crippen LogP contribution in [0.5, 0.6) is 0 Å². The number of rotatable bonds is 8. The zero-order chi connectivity index (χ0) is 15.0. The standard InChI is InChI=1S/C15H25N3O2/c1-12(2)10-18(8-9-20-3)11-15(19)17-14-7-5-4-6-13(14)16/h4-7,12H,8-11,16H2,1-3H3,(H,17,19). The number of ether oxygens (including phenoxy) is 1. The molecule has 112 valence electrons. The highest BCUT2D eigenvalue weighted by Crippen LogP contribution is 2.16. The summed E-state index contributed by atoms with van der Waals surface area (Å²) in [5.41, 5.74) is 7.05. The number of carbonyl (C=O) groups excluding carboxylic acids is 1. The van der Waals surface area contributed by atoms with Crippen molar-refractivity contribution >= 4 is 17.3 Å². The fourth-order valence-corrected chi connectivity index (χ4v) is 1.98. The van der Waals surface area contributed by atoms with Crippen molar-refractivity contribution in [3.05, 3.63) is 24.3 Å². The Balaban J connectivity index is 2.54. The van der Waals surface area contributed by atoms with Crippen LogP contribution in [0.3, 0.4) is 0 Å². The third-order valence-electron chi connectivity index (χ3n) is 2.84. The number of methoxy groups -OCH3 is 1. The van der Waals surface area contributed by atoms with Gasteiger partial charge < -0.3 is 15.8 Å². The molecular weight excluding hydrogens is 254 g/mol. The van der Waals surface area contributed by atoms with E-state index in [2.05, 4.69) is 24.1 Å². The van der Waals surface area contributed by atoms with Crippen LogP contribution in [0.25, 0.3) is 0 Å². The molecule has 1 aromatic rings. The average molecular weight is 279 g/mol. The lowest BCUT2D eigenvalue weighted by Crippen LogP contribution is -2.37. The first-order chi connectivity index (χ1) is 9.52. The summed E-state index contributed by atoms with van der Waals surface area (Å²) >= 11 is 0. The maximum absolute atomic E-state index is 12.1. The van der Waals surface area contributed by atoms with Gasteiger partial charge in [-0.25, -0.2) is 0 Å². The first-order valence-electron chi connectivity index (χ1n) is 6.88. The molecule has 0 aromatic heterocycles. The summed E-state index contributed by atoms with van der Waals surface area (Å²) in [4.78, 5) is 14.2. The summed E-state index contributed by atoms with van der Waals surface area (Å²) in [6.07, 6.45) is 0. The van der Waals surface area contributed by atoms with E-state index in [1.165, 1.54) is 0 Å². The van der Waals surface area contributed by atoms with E-state index in [9.17, 15) is 4.79 Å². The van der Waals surface area contributed by atoms with Crippen LogP contribution in [0.1, 0.15) is 13.8 Å². The van der Waals surface area contributed by atoms with Crippen LogP contribution in [-0.4, -0.2) is 44.2 Å². The van der Waals surface area contributed by atoms with Gasteiger partial charge in [0.05, 0.1) is 24.5 Å². The summed E-state index contributed by atoms with van der Waals surface area (Å²) in [6.45, 7) is 6.83. The van der Waals surface area contributed by atoms with Gasteiger partial charge in [0.1, 0.15) is 0 Å². The molecule has 20 heavy (non-hydrogen) atoms. The zero-order valence-electron chi connectivity index (χ0n) is 12.6. The predicted octanol–water partition coefficient (Wildman–Crippen LogP) is 1.81. The van der Waals surface area contributed by atoms with Crippen LogP contribution in [0.2, 0.25) is 0 Å². The normalized spacial score (nSPS) is 11.1. The minimum absolute atomic E-state index is 0.0559. The van der Waals surface area contributed by atoms with E-state index >= 15 is 0 Å². The molecule has 5 heteroatoms. The summed E-state index contributed by atoms with van der Waals surface area (Å²) in [5, 5.41) is 2.84. The van der Waals surface area contributed by atoms with Crippen molar-refractivity contribution in [3.8, 4) is 0 Å². The maximum atomic E-state index is 12.1. The summed E-state index contributed by atoms with van der Waals surface area (Å²) in [7, 11) is 1.66. The lowest BCUT2D eigenvalue weighted by atomic mass is 10.2. The number of nitrogens with one attached hydrogen (secondary N) is 1. The number of hydrogen-bond donors (Lipinski definition) is 2. The monoisotopic (exact) mass is 279 g/mol. The first kappa shape index (κ1) is 16.5. The Kier molecular flexibility index (Phi) is 7.04. The van der Waals surface area contributed by atoms with Crippen LogP contribution >= 0.6 is 0 Å². The largest absolute Gasteiger partial charge is 0.397 e. The minimum Gasteiger partial charge on any atom is -0.397 e. The molecule has 1 amide bonds. The molecule has 5 nitrogen and oxygen atoms in total. The Bertz CT molecular complexity index is 421. The molecule has 1 aromatic carbocycles. The van der Waals surface area contributed by atoms with Crippen molar-refractivity contribution in [1.29, 1.82) is 0 Å². The van der Waals surface area contributed by atoms with Gasteiger partial charge in [-0.1, -0.05) is 26.0 Å². The number of anilines is 2. The van der Waals surface area contributed by atoms with Crippen LogP contribution in [0.15, 0.2) is 24.3 Å². The van der Waals surface area contributed by atoms with E-state index < -0.39 is 0 Å². The zero-order valence-corrected chi connectivity index (χ0v) is 12.6. The molecule has 0 radical (unpaired) electrons. The molecular formula is C15H25N3O2. The molecule has 0 heterocycles. The van der Waals surface area contributed by atoms with E-state index in [0.29, 0.717) is 30.4 Å². The van der Waals surface area contributed by atoms with Gasteiger partial charge in [0.15, 0.2) is 0 Å². The van der Waals surface area contributed by atoms with E-state index in [-0.39, 0.29) is 5.91 Å². The van der Waals surface area contributed by atoms with Gasteiger partial charge in [0.2, 0.25) is 5.91 Å². The quantitative estimate of drug-likeness (QED) is 0.712. The molecule has 3 N–H and O–H groups in total. The van der Waals surface area contributed by atoms with Gasteiger partial charge in [0.25, 0.3) is 0 Å². The van der Waals surface area contributed by atoms with E-state index in [4.69, 9.17) is 10.5 Å². The Labute approximate surface area is 121 Å². The van der Waals surface area contributed by atoms with Crippen molar-refractivity contribution in [3.63, 3.8) is 0 Å². The number of para-hydroxylation sites is 2. The molecule has 0 aliphatic carbocycles. The lowest BCUT2D eigenvalue weighted by Gasteiger charge is -2.23. The topological polar surface area (TPSA) is 67.6 Å². The molecule has 0 saturated heterocycles. The third-order valence-corrected chi connectivity index (χ3v) is 2.84. The van der Waals surface area contributed by atoms with E-state index in [1.54, 1.807) is 19.2 Å². The molecule has 0 aliphatic rings. The first-order valence-corrected chi connectivity index (χ1v) is 6.88. The lowest BCUT2D eigenvalue weighted by molar-refractivity contribution is -0.117. The fourth-order valence-electron chi connectivity index (χ4n) is 1.98. The van der Waals surface area contributed by atoms with Crippen molar-refractivity contribution in [1.82, 2.24) is 4.90 Å². The van der Waals surface area contributed by atoms with Crippen molar-refractivity contribution in [2.75, 3.05) is 44.4 Å². The predicted molar refractivity (Wildman–Crippen MR) is 82.6 cm³/mol. The number of hydrogen-bond acceptors (Lipinski definition) is 4. The number of benzene rings is 1. The molecule has 1 rings (SSSR count). The second-order valence-electron chi connectivity index (χ2n) is 5.26. The number of nitrogen functional groups attached to an aromatic ring is 1. The van der Waals surface area contributed by atoms with Gasteiger partial charge in [-0.3, -0.25) is 9.69 Å². The number of carbonyl (C=O) groups is 1. The molecule has 0 atom stereocenters. The van der Waals surface area contributed by atoms with Gasteiger partial charge >= 0.3 is 0 Å². The second-order valence-corrected chi connectivity index (χ2v) is 5.26. The highest BCUT2D eigenvalue weighted by atomic mass is 16.5. The molecule has 0 aliphatic heterocycles. The van der Waals surface area contributed by atoms with Crippen LogP contribution in [0.4, 0.5) is 11.4 Å². The molecule has 0 saturated carbocycles. The molecule has 0 unspecified atom stereocenters. The summed E-state index contributed by atoms with van der Waals surface area (Å²) in [6, 6.07) is 7.26. The average Bonchev–Trinajstić information content (AvgIpc) is 2.38. The van der Waals surface area contributed by atoms with E-state index in [0.717, 1.165) is 13.1 Å². The van der Waals surface area contributed by atoms with Crippen molar-refractivity contribution in [2.24, 2.45) is 5.92 Å². The van der Waals surface area contributed by atoms with Gasteiger partial charge in [-0.05, 0) is 18.1 Å². The van der Waals surface area contributed by atoms with Crippen molar-refractivity contribution < 1.29 is 9.53 Å². The fraction of sp³-hybridized carbons (Fsp3) is 0.533. The Morgan fingerprint density at radius 3 is 2.70 bits per heavy atom. The molecule has 0 bridgehead atoms. The van der Waals surface area contributed by atoms with Gasteiger partial charge in [0, 0.05) is 20.2 Å². The minimum atomic E-state index is -0.0559. The Morgan fingerprint density at radius 2 is 2.10 bits per heavy atom. The van der Waals surface area contributed by atoms with Crippen LogP contribution in [-0.2, 0) is 9.53 Å². The molecule has 0 spiro atoms. The summed E-state index contributed by atoms with van der Waals surface area (Å²) in [5.74, 6) is 0.445. The van der Waals surface area contributed by atoms with Crippen LogP contribution < -0.4 is 11.1 Å². The number of nitrogens with two attached hydrogens (primary N) is 1. The van der Waals surface area contributed by atoms with Gasteiger partial charge in [-0.2, -0.15) is 0 Å². The summed E-state index contributed by atoms with van der Waals surface area (Å²) < 4.78 is 5.08. The Hall–Kier alpha value is -1.59.